The van der Waals surface area contributed by atoms with Crippen LogP contribution in [-0.4, -0.2) is 22.9 Å². The van der Waals surface area contributed by atoms with Crippen molar-refractivity contribution in [2.75, 3.05) is 5.32 Å². The van der Waals surface area contributed by atoms with Crippen molar-refractivity contribution in [2.45, 2.75) is 37.1 Å². The van der Waals surface area contributed by atoms with E-state index in [2.05, 4.69) is 16.7 Å². The zero-order valence-corrected chi connectivity index (χ0v) is 20.5. The van der Waals surface area contributed by atoms with Crippen molar-refractivity contribution in [3.05, 3.63) is 103 Å². The van der Waals surface area contributed by atoms with Crippen LogP contribution in [0.2, 0.25) is 10.0 Å². The number of anilines is 1. The van der Waals surface area contributed by atoms with Crippen LogP contribution in [0.3, 0.4) is 0 Å². The molecular weight excluding hydrogens is 503 g/mol. The summed E-state index contributed by atoms with van der Waals surface area (Å²) in [6.45, 7) is 1.87. The number of amides is 1. The largest absolute Gasteiger partial charge is 0.486 e. The third kappa shape index (κ3) is 3.68. The Balaban J connectivity index is 1.51. The van der Waals surface area contributed by atoms with E-state index in [0.717, 1.165) is 0 Å². The number of nitrogens with one attached hydrogen (secondary N) is 2. The summed E-state index contributed by atoms with van der Waals surface area (Å²) >= 11 is 13.1. The molecule has 0 aromatic heterocycles. The number of carbonyl (C=O) groups excluding carboxylic acids is 1. The van der Waals surface area contributed by atoms with Crippen molar-refractivity contribution in [1.82, 2.24) is 5.32 Å². The molecule has 0 saturated carbocycles. The molecule has 8 nitrogen and oxygen atoms in total. The number of rotatable bonds is 5. The quantitative estimate of drug-likeness (QED) is 0.359. The summed E-state index contributed by atoms with van der Waals surface area (Å²) in [5, 5.41) is 28.1. The smallest absolute Gasteiger partial charge is 0.256 e. The fourth-order valence-electron chi connectivity index (χ4n) is 5.37. The maximum absolute atomic E-state index is 13.2. The van der Waals surface area contributed by atoms with E-state index < -0.39 is 34.4 Å². The fraction of sp³-hybridized carbons (Fsp3) is 0.231. The van der Waals surface area contributed by atoms with Gasteiger partial charge in [0, 0.05) is 27.8 Å². The molecule has 4 atom stereocenters. The molecule has 2 N–H and O–H groups in total. The Labute approximate surface area is 216 Å². The average Bonchev–Trinajstić information content (AvgIpc) is 3.32. The van der Waals surface area contributed by atoms with Gasteiger partial charge in [-0.05, 0) is 36.8 Å². The minimum absolute atomic E-state index is 0.0709. The van der Waals surface area contributed by atoms with Crippen molar-refractivity contribution in [3.63, 3.8) is 0 Å². The number of benzene rings is 3. The van der Waals surface area contributed by atoms with E-state index in [1.807, 2.05) is 0 Å². The number of nitrogens with zero attached hydrogens (tertiary/aromatic N) is 2. The molecule has 0 bridgehead atoms. The number of hydrogen-bond donors (Lipinski definition) is 2. The van der Waals surface area contributed by atoms with Crippen LogP contribution in [-0.2, 0) is 16.9 Å². The van der Waals surface area contributed by atoms with Crippen LogP contribution in [0.25, 0.3) is 0 Å². The molecule has 182 valence electrons. The molecule has 10 heteroatoms. The Morgan fingerprint density at radius 2 is 1.81 bits per heavy atom. The van der Waals surface area contributed by atoms with Gasteiger partial charge in [0.2, 0.25) is 0 Å². The molecule has 0 aliphatic carbocycles. The second kappa shape index (κ2) is 9.10. The number of carbonyl (C=O) groups is 1. The second-order valence-corrected chi connectivity index (χ2v) is 9.68. The summed E-state index contributed by atoms with van der Waals surface area (Å²) in [5.74, 6) is -0.960. The lowest BCUT2D eigenvalue weighted by atomic mass is 9.78. The molecule has 3 aromatic rings. The molecule has 1 spiro atoms. The van der Waals surface area contributed by atoms with Crippen LogP contribution in [0.4, 0.5) is 5.69 Å². The molecule has 1 amide bonds. The summed E-state index contributed by atoms with van der Waals surface area (Å²) in [6, 6.07) is 17.5. The highest BCUT2D eigenvalue weighted by atomic mass is 35.5. The van der Waals surface area contributed by atoms with Gasteiger partial charge >= 0.3 is 0 Å². The summed E-state index contributed by atoms with van der Waals surface area (Å²) in [5.41, 5.74) is 1.23. The zero-order chi connectivity index (χ0) is 25.6. The number of ether oxygens (including phenoxy) is 1. The molecule has 0 radical (unpaired) electrons. The Hall–Kier alpha value is -3.64. The predicted molar refractivity (Wildman–Crippen MR) is 135 cm³/mol. The van der Waals surface area contributed by atoms with Crippen LogP contribution in [0.5, 0.6) is 5.75 Å². The third-order valence-corrected chi connectivity index (χ3v) is 7.44. The summed E-state index contributed by atoms with van der Waals surface area (Å²) in [4.78, 5) is 25.2. The van der Waals surface area contributed by atoms with E-state index in [1.54, 1.807) is 67.6 Å². The normalized spacial score (nSPS) is 24.3. The van der Waals surface area contributed by atoms with Crippen LogP contribution in [0.15, 0.2) is 60.7 Å². The van der Waals surface area contributed by atoms with E-state index >= 15 is 0 Å². The first-order chi connectivity index (χ1) is 17.3. The average molecular weight is 523 g/mol. The van der Waals surface area contributed by atoms with Gasteiger partial charge in [-0.3, -0.25) is 20.2 Å². The first-order valence-corrected chi connectivity index (χ1v) is 12.0. The van der Waals surface area contributed by atoms with Crippen molar-refractivity contribution < 1.29 is 14.5 Å². The van der Waals surface area contributed by atoms with Crippen LogP contribution in [0, 0.1) is 21.4 Å². The van der Waals surface area contributed by atoms with Crippen LogP contribution in [0.1, 0.15) is 35.1 Å². The highest BCUT2D eigenvalue weighted by molar-refractivity contribution is 6.37. The lowest BCUT2D eigenvalue weighted by Crippen LogP contribution is -2.54. The third-order valence-electron chi connectivity index (χ3n) is 6.88. The van der Waals surface area contributed by atoms with Gasteiger partial charge in [0.05, 0.1) is 27.6 Å². The minimum Gasteiger partial charge on any atom is -0.486 e. The van der Waals surface area contributed by atoms with E-state index in [9.17, 15) is 20.2 Å². The highest BCUT2D eigenvalue weighted by Gasteiger charge is 2.67. The Bertz CT molecular complexity index is 1420. The molecule has 3 aromatic carbocycles. The molecular formula is C26H20Cl2N4O4. The van der Waals surface area contributed by atoms with Crippen LogP contribution >= 0.6 is 23.2 Å². The molecule has 1 saturated heterocycles. The van der Waals surface area contributed by atoms with Gasteiger partial charge in [0.15, 0.2) is 11.3 Å². The predicted octanol–water partition coefficient (Wildman–Crippen LogP) is 5.01. The zero-order valence-electron chi connectivity index (χ0n) is 19.0. The SMILES string of the molecule is C[C@@H]1N[C@]2(C(=O)Nc3ccccc32)[C@H]([N+](=O)[O-])[C@H]1c1cc(Cl)c(OCc2ccccc2C#N)c(Cl)c1. The number of halogens is 2. The van der Waals surface area contributed by atoms with Gasteiger partial charge < -0.3 is 10.1 Å². The molecule has 2 aliphatic heterocycles. The van der Waals surface area contributed by atoms with Crippen molar-refractivity contribution in [3.8, 4) is 11.8 Å². The molecule has 0 unspecified atom stereocenters. The molecule has 1 fully saturated rings. The first-order valence-electron chi connectivity index (χ1n) is 11.2. The maximum atomic E-state index is 13.2. The van der Waals surface area contributed by atoms with Gasteiger partial charge in [-0.2, -0.15) is 5.26 Å². The number of nitriles is 1. The van der Waals surface area contributed by atoms with Gasteiger partial charge in [-0.1, -0.05) is 59.6 Å². The van der Waals surface area contributed by atoms with Gasteiger partial charge in [0.1, 0.15) is 6.61 Å². The Morgan fingerprint density at radius 1 is 1.14 bits per heavy atom. The van der Waals surface area contributed by atoms with Gasteiger partial charge in [-0.15, -0.1) is 0 Å². The van der Waals surface area contributed by atoms with E-state index in [0.29, 0.717) is 27.9 Å². The number of fused-ring (bicyclic) bond motifs is 2. The number of para-hydroxylation sites is 1. The van der Waals surface area contributed by atoms with Crippen molar-refractivity contribution >= 4 is 34.8 Å². The molecule has 2 heterocycles. The Kier molecular flexibility index (Phi) is 6.08. The lowest BCUT2D eigenvalue weighted by molar-refractivity contribution is -0.532. The summed E-state index contributed by atoms with van der Waals surface area (Å²) in [7, 11) is 0. The highest BCUT2D eigenvalue weighted by Crippen LogP contribution is 2.50. The molecule has 36 heavy (non-hydrogen) atoms. The number of nitro groups is 1. The monoisotopic (exact) mass is 522 g/mol. The van der Waals surface area contributed by atoms with E-state index in [-0.39, 0.29) is 22.4 Å². The second-order valence-electron chi connectivity index (χ2n) is 8.87. The number of hydrogen-bond acceptors (Lipinski definition) is 6. The fourth-order valence-corrected chi connectivity index (χ4v) is 5.98. The van der Waals surface area contributed by atoms with Crippen LogP contribution < -0.4 is 15.4 Å². The Morgan fingerprint density at radius 3 is 2.50 bits per heavy atom. The lowest BCUT2D eigenvalue weighted by Gasteiger charge is -2.25. The topological polar surface area (TPSA) is 117 Å². The van der Waals surface area contributed by atoms with E-state index in [4.69, 9.17) is 27.9 Å². The van der Waals surface area contributed by atoms with Crippen molar-refractivity contribution in [1.29, 1.82) is 5.26 Å². The molecule has 5 rings (SSSR count). The first kappa shape index (κ1) is 24.1. The van der Waals surface area contributed by atoms with Gasteiger partial charge in [-0.25, -0.2) is 0 Å². The summed E-state index contributed by atoms with van der Waals surface area (Å²) in [6.07, 6.45) is 0. The maximum Gasteiger partial charge on any atom is 0.256 e. The minimum atomic E-state index is -1.53. The van der Waals surface area contributed by atoms with E-state index in [1.165, 1.54) is 0 Å². The van der Waals surface area contributed by atoms with Gasteiger partial charge in [0.25, 0.3) is 11.9 Å². The summed E-state index contributed by atoms with van der Waals surface area (Å²) < 4.78 is 5.84. The van der Waals surface area contributed by atoms with Crippen molar-refractivity contribution in [2.24, 2.45) is 0 Å². The standard InChI is InChI=1S/C26H20Cl2N4O4/c1-14-22(24(32(34)35)26(31-14)18-8-4-5-9-21(18)30-25(26)33)17-10-19(27)23(20(28)11-17)36-13-16-7-3-2-6-15(16)12-29/h2-11,14,22,24,31H,13H2,1H3,(H,30,33)/t14-,22+,24+,26-/m0/s1. The molecule has 2 aliphatic rings.